The molecule has 0 spiro atoms. The minimum Gasteiger partial charge on any atom is -0.645 e. The molecule has 0 unspecified atom stereocenters. The van der Waals surface area contributed by atoms with Gasteiger partial charge in [-0.1, -0.05) is 12.1 Å². The van der Waals surface area contributed by atoms with E-state index in [4.69, 9.17) is 0 Å². The number of hydrogen-bond donors (Lipinski definition) is 0. The molecule has 0 N–H and O–H groups in total. The second kappa shape index (κ2) is 8.12. The largest absolute Gasteiger partial charge is 1.00 e. The van der Waals surface area contributed by atoms with E-state index in [1.54, 1.807) is 11.3 Å². The van der Waals surface area contributed by atoms with Crippen LogP contribution in [-0.2, 0) is 11.2 Å². The predicted octanol–water partition coefficient (Wildman–Crippen LogP) is -0.274. The third kappa shape index (κ3) is 4.84. The fraction of sp³-hybridized carbons (Fsp3) is 0.250. The average molecular weight is 309 g/mol. The van der Waals surface area contributed by atoms with Crippen LogP contribution in [0.25, 0.3) is 15.4 Å². The van der Waals surface area contributed by atoms with Gasteiger partial charge in [-0.3, -0.25) is 0 Å². The first-order valence-electron chi connectivity index (χ1n) is 5.22. The number of alkyl halides is 3. The van der Waals surface area contributed by atoms with Gasteiger partial charge in [-0.2, -0.15) is 13.2 Å². The Morgan fingerprint density at radius 2 is 1.95 bits per heavy atom. The molecule has 102 valence electrons. The summed E-state index contributed by atoms with van der Waals surface area (Å²) in [5.74, 6) is -2.01. The Hall–Kier alpha value is -0.430. The van der Waals surface area contributed by atoms with Crippen LogP contribution in [0.1, 0.15) is 5.56 Å². The van der Waals surface area contributed by atoms with Crippen molar-refractivity contribution in [2.24, 2.45) is 0 Å². The van der Waals surface area contributed by atoms with Gasteiger partial charge in [0.15, 0.2) is 23.3 Å². The molecule has 0 bridgehead atoms. The minimum atomic E-state index is -4.87. The third-order valence-electron chi connectivity index (χ3n) is 2.47. The fourth-order valence-electron chi connectivity index (χ4n) is 1.64. The first kappa shape index (κ1) is 19.6. The Kier molecular flexibility index (Phi) is 7.95. The molecule has 0 atom stereocenters. The van der Waals surface area contributed by atoms with Crippen molar-refractivity contribution < 1.29 is 36.8 Å². The van der Waals surface area contributed by atoms with Crippen molar-refractivity contribution in [1.29, 1.82) is 0 Å². The summed E-state index contributed by atoms with van der Waals surface area (Å²) in [4.78, 5) is 10.6. The van der Waals surface area contributed by atoms with E-state index >= 15 is 0 Å². The number of hydrogen-bond acceptors (Lipinski definition) is 2. The van der Waals surface area contributed by atoms with Crippen LogP contribution < -0.4 is 18.9 Å². The zero-order chi connectivity index (χ0) is 13.2. The van der Waals surface area contributed by atoms with Gasteiger partial charge in [0.2, 0.25) is 0 Å². The number of benzene rings is 1. The smallest absolute Gasteiger partial charge is 0.645 e. The molecule has 20 heavy (non-hydrogen) atoms. The number of fused-ring (bicyclic) bond motifs is 1. The number of thiophene rings is 1. The summed E-state index contributed by atoms with van der Waals surface area (Å²) in [5.41, 5.74) is 0.910. The molecular weight excluding hydrogens is 297 g/mol. The number of carbonyl (C=O) groups is 1. The molecule has 0 aliphatic heterocycles. The third-order valence-corrected chi connectivity index (χ3v) is 3.35. The Bertz CT molecular complexity index is 573. The Labute approximate surface area is 141 Å². The molecule has 2 rings (SSSR count). The summed E-state index contributed by atoms with van der Waals surface area (Å²) in [5, 5.41) is 5.96. The first-order chi connectivity index (χ1) is 8.48. The molecule has 0 fully saturated rings. The van der Waals surface area contributed by atoms with Crippen molar-refractivity contribution in [2.45, 2.75) is 12.6 Å². The summed E-state index contributed by atoms with van der Waals surface area (Å²) in [6, 6.07) is 7.55. The molecule has 2 aromatic rings. The molecule has 0 saturated heterocycles. The van der Waals surface area contributed by atoms with Crippen molar-refractivity contribution in [1.82, 2.24) is 0 Å². The topological polar surface area (TPSA) is 31.2 Å². The van der Waals surface area contributed by atoms with Gasteiger partial charge in [-0.25, -0.2) is 0 Å². The second-order valence-electron chi connectivity index (χ2n) is 3.68. The van der Waals surface area contributed by atoms with Gasteiger partial charge in [0.05, 0.1) is 0 Å². The molecule has 8 heteroatoms. The number of rotatable bonds is 3. The van der Waals surface area contributed by atoms with Crippen molar-refractivity contribution in [3.05, 3.63) is 40.5 Å². The van der Waals surface area contributed by atoms with Gasteiger partial charge in [0, 0.05) is 4.70 Å². The maximum absolute atomic E-state index is 11.9. The van der Waals surface area contributed by atoms with E-state index in [1.807, 2.05) is 29.6 Å². The van der Waals surface area contributed by atoms with Crippen molar-refractivity contribution in [2.75, 3.05) is 6.54 Å². The van der Waals surface area contributed by atoms with E-state index in [2.05, 4.69) is 5.32 Å². The van der Waals surface area contributed by atoms with E-state index in [1.165, 1.54) is 0 Å². The van der Waals surface area contributed by atoms with Crippen LogP contribution in [0.4, 0.5) is 13.2 Å². The van der Waals surface area contributed by atoms with Crippen LogP contribution in [0.5, 0.6) is 0 Å². The van der Waals surface area contributed by atoms with Crippen LogP contribution in [0.3, 0.4) is 0 Å². The van der Waals surface area contributed by atoms with E-state index in [0.29, 0.717) is 6.42 Å². The summed E-state index contributed by atoms with van der Waals surface area (Å²) < 4.78 is 36.9. The van der Waals surface area contributed by atoms with Crippen molar-refractivity contribution in [3.63, 3.8) is 0 Å². The predicted molar refractivity (Wildman–Crippen MR) is 74.8 cm³/mol. The number of nitrogens with zero attached hydrogens (tertiary/aromatic N) is 1. The minimum absolute atomic E-state index is 0. The molecule has 1 amide bonds. The van der Waals surface area contributed by atoms with Crippen LogP contribution in [0.2, 0.25) is 0 Å². The molecule has 1 heterocycles. The fourth-order valence-corrected chi connectivity index (χ4v) is 2.48. The second-order valence-corrected chi connectivity index (χ2v) is 4.63. The summed E-state index contributed by atoms with van der Waals surface area (Å²) in [6.45, 7) is -0.146. The molecule has 2 nitrogen and oxygen atoms in total. The SMILES string of the molecule is O=C([N-]CCc1cccc2sccc12)C(F)(F)F.[AlH3].[Li+]. The van der Waals surface area contributed by atoms with Gasteiger partial charge in [-0.05, 0) is 34.9 Å². The number of amides is 1. The maximum atomic E-state index is 11.9. The Balaban J connectivity index is 0.00000180. The van der Waals surface area contributed by atoms with E-state index in [0.717, 1.165) is 15.6 Å². The van der Waals surface area contributed by atoms with Crippen LogP contribution in [-0.4, -0.2) is 36.0 Å². The molecule has 1 aromatic carbocycles. The Morgan fingerprint density at radius 1 is 1.25 bits per heavy atom. The van der Waals surface area contributed by atoms with Gasteiger partial charge in [-0.15, -0.1) is 17.9 Å². The quantitative estimate of drug-likeness (QED) is 0.718. The van der Waals surface area contributed by atoms with Gasteiger partial charge in [0.1, 0.15) is 0 Å². The first-order valence-corrected chi connectivity index (χ1v) is 6.10. The molecule has 1 aromatic heterocycles. The zero-order valence-corrected chi connectivity index (χ0v) is 11.0. The van der Waals surface area contributed by atoms with Crippen LogP contribution in [0, 0.1) is 0 Å². The summed E-state index contributed by atoms with van der Waals surface area (Å²) >= 11 is 1.57. The summed E-state index contributed by atoms with van der Waals surface area (Å²) in [6.07, 6.45) is -4.54. The van der Waals surface area contributed by atoms with Crippen LogP contribution in [0.15, 0.2) is 29.6 Å². The molecular formula is C12H12AlF3LiNOS. The molecule has 0 radical (unpaired) electrons. The normalized spacial score (nSPS) is 10.6. The van der Waals surface area contributed by atoms with Crippen molar-refractivity contribution in [3.8, 4) is 0 Å². The zero-order valence-electron chi connectivity index (χ0n) is 10.2. The van der Waals surface area contributed by atoms with E-state index in [9.17, 15) is 18.0 Å². The monoisotopic (exact) mass is 309 g/mol. The number of carbonyl (C=O) groups excluding carboxylic acids is 1. The van der Waals surface area contributed by atoms with E-state index < -0.39 is 12.1 Å². The summed E-state index contributed by atoms with van der Waals surface area (Å²) in [7, 11) is 0. The average Bonchev–Trinajstić information content (AvgIpc) is 2.76. The maximum Gasteiger partial charge on any atom is 1.00 e. The number of halogens is 3. The molecule has 0 aliphatic rings. The van der Waals surface area contributed by atoms with Crippen LogP contribution >= 0.6 is 11.3 Å². The molecule has 0 saturated carbocycles. The van der Waals surface area contributed by atoms with Gasteiger partial charge < -0.3 is 10.1 Å². The molecule has 0 aliphatic carbocycles. The van der Waals surface area contributed by atoms with Crippen molar-refractivity contribution >= 4 is 44.7 Å². The standard InChI is InChI=1S/C12H10F3NOS.Al.Li.3H/c13-12(14,15)11(17)16-6-4-8-2-1-3-10-9(8)5-7-18-10;;;;;/h1-3,5,7H,4,6H2,(H,16,17);;;;;/q;;+1;;;/p-1. The van der Waals surface area contributed by atoms with Gasteiger partial charge in [0.25, 0.3) is 0 Å². The van der Waals surface area contributed by atoms with E-state index in [-0.39, 0.29) is 42.8 Å². The van der Waals surface area contributed by atoms with Gasteiger partial charge >= 0.3 is 25.0 Å². The Morgan fingerprint density at radius 3 is 2.60 bits per heavy atom.